The van der Waals surface area contributed by atoms with Crippen molar-refractivity contribution in [3.8, 4) is 11.5 Å². The number of benzene rings is 1. The van der Waals surface area contributed by atoms with E-state index < -0.39 is 0 Å². The molecule has 0 aliphatic carbocycles. The molecule has 0 aromatic heterocycles. The number of methoxy groups -OCH3 is 1. The molecule has 1 heterocycles. The molecule has 2 rings (SSSR count). The highest BCUT2D eigenvalue weighted by Crippen LogP contribution is 2.21. The van der Waals surface area contributed by atoms with E-state index in [9.17, 15) is 4.79 Å². The van der Waals surface area contributed by atoms with Crippen LogP contribution in [0.15, 0.2) is 24.3 Å². The summed E-state index contributed by atoms with van der Waals surface area (Å²) in [5.74, 6) is 1.74. The molecule has 0 radical (unpaired) electrons. The first-order chi connectivity index (χ1) is 9.28. The molecule has 0 atom stereocenters. The molecule has 4 heteroatoms. The fourth-order valence-electron chi connectivity index (χ4n) is 2.34. The molecule has 4 nitrogen and oxygen atoms in total. The second-order valence-electron chi connectivity index (χ2n) is 4.89. The molecule has 1 aliphatic heterocycles. The van der Waals surface area contributed by atoms with E-state index in [0.29, 0.717) is 23.8 Å². The molecule has 0 spiro atoms. The van der Waals surface area contributed by atoms with E-state index in [1.165, 1.54) is 0 Å². The molecule has 0 saturated carbocycles. The van der Waals surface area contributed by atoms with Gasteiger partial charge in [0.15, 0.2) is 0 Å². The van der Waals surface area contributed by atoms with Crippen LogP contribution >= 0.6 is 0 Å². The summed E-state index contributed by atoms with van der Waals surface area (Å²) < 4.78 is 10.4. The van der Waals surface area contributed by atoms with E-state index in [4.69, 9.17) is 9.47 Å². The number of carbonyl (C=O) groups excluding carboxylic acids is 1. The zero-order valence-corrected chi connectivity index (χ0v) is 11.4. The Morgan fingerprint density at radius 1 is 1.32 bits per heavy atom. The van der Waals surface area contributed by atoms with E-state index in [1.54, 1.807) is 19.2 Å². The largest absolute Gasteiger partial charge is 0.497 e. The van der Waals surface area contributed by atoms with Crippen molar-refractivity contribution in [2.24, 2.45) is 5.92 Å². The third-order valence-electron chi connectivity index (χ3n) is 3.49. The number of hydrogen-bond donors (Lipinski definition) is 1. The summed E-state index contributed by atoms with van der Waals surface area (Å²) in [6.45, 7) is 2.13. The first-order valence-electron chi connectivity index (χ1n) is 6.83. The number of ether oxygens (including phenoxy) is 2. The number of carbonyl (C=O) groups is 1. The quantitative estimate of drug-likeness (QED) is 0.654. The highest BCUT2D eigenvalue weighted by atomic mass is 16.5. The molecule has 19 heavy (non-hydrogen) atoms. The standard InChI is InChI=1S/C15H21NO3/c1-18-13-3-2-4-14(11-13)19-15(17)6-5-12-7-9-16-10-8-12/h2-4,11-12,16H,5-10H2,1H3. The number of hydrogen-bond acceptors (Lipinski definition) is 4. The molecular formula is C15H21NO3. The number of piperidine rings is 1. The molecule has 1 aromatic rings. The summed E-state index contributed by atoms with van der Waals surface area (Å²) in [7, 11) is 1.60. The van der Waals surface area contributed by atoms with E-state index >= 15 is 0 Å². The minimum atomic E-state index is -0.160. The van der Waals surface area contributed by atoms with Crippen molar-refractivity contribution in [2.45, 2.75) is 25.7 Å². The maximum Gasteiger partial charge on any atom is 0.311 e. The van der Waals surface area contributed by atoms with Gasteiger partial charge in [-0.05, 0) is 50.4 Å². The Labute approximate surface area is 114 Å². The molecule has 1 aromatic carbocycles. The van der Waals surface area contributed by atoms with Crippen LogP contribution in [0.5, 0.6) is 11.5 Å². The van der Waals surface area contributed by atoms with E-state index in [2.05, 4.69) is 5.32 Å². The first-order valence-corrected chi connectivity index (χ1v) is 6.83. The Kier molecular flexibility index (Phi) is 5.21. The topological polar surface area (TPSA) is 47.6 Å². The highest BCUT2D eigenvalue weighted by molar-refractivity contribution is 5.72. The molecule has 0 amide bonds. The SMILES string of the molecule is COc1cccc(OC(=O)CCC2CCNCC2)c1. The van der Waals surface area contributed by atoms with Gasteiger partial charge in [-0.3, -0.25) is 4.79 Å². The van der Waals surface area contributed by atoms with Crippen molar-refractivity contribution < 1.29 is 14.3 Å². The van der Waals surface area contributed by atoms with Gasteiger partial charge in [0.25, 0.3) is 0 Å². The lowest BCUT2D eigenvalue weighted by atomic mass is 9.93. The zero-order chi connectivity index (χ0) is 13.5. The molecule has 0 unspecified atom stereocenters. The number of nitrogens with one attached hydrogen (secondary N) is 1. The molecule has 1 N–H and O–H groups in total. The maximum atomic E-state index is 11.8. The average Bonchev–Trinajstić information content (AvgIpc) is 2.46. The lowest BCUT2D eigenvalue weighted by Gasteiger charge is -2.21. The number of rotatable bonds is 5. The zero-order valence-electron chi connectivity index (χ0n) is 11.4. The van der Waals surface area contributed by atoms with Crippen LogP contribution in [0.3, 0.4) is 0 Å². The third-order valence-corrected chi connectivity index (χ3v) is 3.49. The van der Waals surface area contributed by atoms with Gasteiger partial charge in [-0.2, -0.15) is 0 Å². The van der Waals surface area contributed by atoms with Crippen molar-refractivity contribution in [1.82, 2.24) is 5.32 Å². The smallest absolute Gasteiger partial charge is 0.311 e. The third kappa shape index (κ3) is 4.56. The van der Waals surface area contributed by atoms with Gasteiger partial charge in [-0.1, -0.05) is 6.07 Å². The van der Waals surface area contributed by atoms with E-state index in [1.807, 2.05) is 12.1 Å². The van der Waals surface area contributed by atoms with E-state index in [-0.39, 0.29) is 5.97 Å². The Balaban J connectivity index is 1.76. The van der Waals surface area contributed by atoms with Crippen molar-refractivity contribution in [3.05, 3.63) is 24.3 Å². The molecule has 0 bridgehead atoms. The Hall–Kier alpha value is -1.55. The summed E-state index contributed by atoms with van der Waals surface area (Å²) in [6, 6.07) is 7.13. The fourth-order valence-corrected chi connectivity index (χ4v) is 2.34. The summed E-state index contributed by atoms with van der Waals surface area (Å²) in [4.78, 5) is 11.8. The van der Waals surface area contributed by atoms with Gasteiger partial charge in [0.05, 0.1) is 7.11 Å². The second kappa shape index (κ2) is 7.14. The summed E-state index contributed by atoms with van der Waals surface area (Å²) in [6.07, 6.45) is 3.73. The lowest BCUT2D eigenvalue weighted by molar-refractivity contribution is -0.134. The van der Waals surface area contributed by atoms with Crippen LogP contribution in [0.2, 0.25) is 0 Å². The van der Waals surface area contributed by atoms with Gasteiger partial charge >= 0.3 is 5.97 Å². The normalized spacial score (nSPS) is 16.1. The van der Waals surface area contributed by atoms with Gasteiger partial charge in [0.2, 0.25) is 0 Å². The average molecular weight is 263 g/mol. The first kappa shape index (κ1) is 13.9. The van der Waals surface area contributed by atoms with Gasteiger partial charge in [0.1, 0.15) is 11.5 Å². The molecule has 1 aliphatic rings. The Morgan fingerprint density at radius 3 is 2.79 bits per heavy atom. The minimum Gasteiger partial charge on any atom is -0.497 e. The second-order valence-corrected chi connectivity index (χ2v) is 4.89. The predicted octanol–water partition coefficient (Wildman–Crippen LogP) is 2.38. The van der Waals surface area contributed by atoms with Gasteiger partial charge in [0, 0.05) is 12.5 Å². The fraction of sp³-hybridized carbons (Fsp3) is 0.533. The Bertz CT molecular complexity index is 414. The Morgan fingerprint density at radius 2 is 2.05 bits per heavy atom. The highest BCUT2D eigenvalue weighted by Gasteiger charge is 2.15. The van der Waals surface area contributed by atoms with Crippen LogP contribution in [0.25, 0.3) is 0 Å². The van der Waals surface area contributed by atoms with Crippen LogP contribution < -0.4 is 14.8 Å². The van der Waals surface area contributed by atoms with Crippen LogP contribution in [-0.4, -0.2) is 26.2 Å². The summed E-state index contributed by atoms with van der Waals surface area (Å²) in [5.41, 5.74) is 0. The van der Waals surface area contributed by atoms with E-state index in [0.717, 1.165) is 32.4 Å². The van der Waals surface area contributed by atoms with Crippen molar-refractivity contribution in [1.29, 1.82) is 0 Å². The number of esters is 1. The van der Waals surface area contributed by atoms with Crippen LogP contribution in [0.4, 0.5) is 0 Å². The lowest BCUT2D eigenvalue weighted by Crippen LogP contribution is -2.28. The van der Waals surface area contributed by atoms with Crippen molar-refractivity contribution >= 4 is 5.97 Å². The van der Waals surface area contributed by atoms with Gasteiger partial charge in [-0.25, -0.2) is 0 Å². The predicted molar refractivity (Wildman–Crippen MR) is 73.5 cm³/mol. The molecular weight excluding hydrogens is 242 g/mol. The van der Waals surface area contributed by atoms with Gasteiger partial charge < -0.3 is 14.8 Å². The molecule has 1 saturated heterocycles. The van der Waals surface area contributed by atoms with Gasteiger partial charge in [-0.15, -0.1) is 0 Å². The van der Waals surface area contributed by atoms with Crippen LogP contribution in [0.1, 0.15) is 25.7 Å². The molecule has 104 valence electrons. The van der Waals surface area contributed by atoms with Crippen molar-refractivity contribution in [2.75, 3.05) is 20.2 Å². The monoisotopic (exact) mass is 263 g/mol. The minimum absolute atomic E-state index is 0.160. The van der Waals surface area contributed by atoms with Crippen LogP contribution in [-0.2, 0) is 4.79 Å². The summed E-state index contributed by atoms with van der Waals surface area (Å²) in [5, 5.41) is 3.32. The molecule has 1 fully saturated rings. The van der Waals surface area contributed by atoms with Crippen LogP contribution in [0, 0.1) is 5.92 Å². The summed E-state index contributed by atoms with van der Waals surface area (Å²) >= 11 is 0. The maximum absolute atomic E-state index is 11.8. The van der Waals surface area contributed by atoms with Crippen molar-refractivity contribution in [3.63, 3.8) is 0 Å².